The number of methoxy groups -OCH3 is 3. The third-order valence-electron chi connectivity index (χ3n) is 6.30. The zero-order valence-electron chi connectivity index (χ0n) is 20.4. The predicted molar refractivity (Wildman–Crippen MR) is 144 cm³/mol. The Balaban J connectivity index is 1.61. The number of aromatic nitrogens is 1. The number of amides is 1. The monoisotopic (exact) mass is 535 g/mol. The minimum Gasteiger partial charge on any atom is -0.497 e. The van der Waals surface area contributed by atoms with Crippen LogP contribution in [0.25, 0.3) is 10.9 Å². The van der Waals surface area contributed by atoms with Crippen LogP contribution in [0.1, 0.15) is 33.9 Å². The third-order valence-corrected chi connectivity index (χ3v) is 6.94. The topological polar surface area (TPSA) is 73.2 Å². The molecule has 2 heterocycles. The molecule has 1 atom stereocenters. The number of hydrogen-bond donors (Lipinski definition) is 0. The highest BCUT2D eigenvalue weighted by molar-refractivity contribution is 6.34. The lowest BCUT2D eigenvalue weighted by molar-refractivity contribution is 0.0711. The van der Waals surface area contributed by atoms with Gasteiger partial charge in [-0.15, -0.1) is 0 Å². The van der Waals surface area contributed by atoms with Gasteiger partial charge in [0.2, 0.25) is 0 Å². The maximum atomic E-state index is 13.7. The van der Waals surface area contributed by atoms with Gasteiger partial charge in [-0.25, -0.2) is 9.99 Å². The largest absolute Gasteiger partial charge is 0.497 e. The van der Waals surface area contributed by atoms with Crippen LogP contribution >= 0.6 is 23.2 Å². The Labute approximate surface area is 224 Å². The van der Waals surface area contributed by atoms with Crippen LogP contribution in [0.4, 0.5) is 0 Å². The van der Waals surface area contributed by atoms with E-state index in [1.54, 1.807) is 45.6 Å². The van der Waals surface area contributed by atoms with Gasteiger partial charge in [-0.3, -0.25) is 4.79 Å². The minimum atomic E-state index is -0.502. The molecule has 0 saturated heterocycles. The SMILES string of the molecule is COc1ccc2cc([C@H]3CC(c4ccc(OC)c(OC)c4)=NN3C(=O)c3ccccc3Cl)c(Cl)nc2c1. The van der Waals surface area contributed by atoms with Crippen molar-refractivity contribution in [1.29, 1.82) is 0 Å². The van der Waals surface area contributed by atoms with Crippen LogP contribution in [0.15, 0.2) is 71.8 Å². The average Bonchev–Trinajstić information content (AvgIpc) is 3.37. The molecule has 0 fully saturated rings. The van der Waals surface area contributed by atoms with Crippen LogP contribution in [0.5, 0.6) is 17.2 Å². The number of carbonyl (C=O) groups excluding carboxylic acids is 1. The summed E-state index contributed by atoms with van der Waals surface area (Å²) in [6.45, 7) is 0. The summed E-state index contributed by atoms with van der Waals surface area (Å²) >= 11 is 13.1. The van der Waals surface area contributed by atoms with E-state index in [-0.39, 0.29) is 11.1 Å². The number of pyridine rings is 1. The second kappa shape index (κ2) is 10.3. The number of hydrogen-bond acceptors (Lipinski definition) is 6. The lowest BCUT2D eigenvalue weighted by Crippen LogP contribution is -2.27. The summed E-state index contributed by atoms with van der Waals surface area (Å²) in [4.78, 5) is 18.3. The van der Waals surface area contributed by atoms with Crippen molar-refractivity contribution in [2.24, 2.45) is 5.10 Å². The van der Waals surface area contributed by atoms with E-state index in [2.05, 4.69) is 4.98 Å². The number of fused-ring (bicyclic) bond motifs is 1. The highest BCUT2D eigenvalue weighted by Gasteiger charge is 2.36. The van der Waals surface area contributed by atoms with E-state index in [0.29, 0.717) is 51.0 Å². The molecule has 0 saturated carbocycles. The van der Waals surface area contributed by atoms with Crippen LogP contribution in [0, 0.1) is 0 Å². The van der Waals surface area contributed by atoms with Gasteiger partial charge < -0.3 is 14.2 Å². The lowest BCUT2D eigenvalue weighted by Gasteiger charge is -2.23. The van der Waals surface area contributed by atoms with Gasteiger partial charge in [0.25, 0.3) is 5.91 Å². The molecule has 4 aromatic rings. The van der Waals surface area contributed by atoms with Crippen LogP contribution in [0.3, 0.4) is 0 Å². The summed E-state index contributed by atoms with van der Waals surface area (Å²) in [6, 6.07) is 19.4. The number of benzene rings is 3. The number of nitrogens with zero attached hydrogens (tertiary/aromatic N) is 3. The number of rotatable bonds is 6. The molecule has 1 aromatic heterocycles. The van der Waals surface area contributed by atoms with E-state index < -0.39 is 6.04 Å². The van der Waals surface area contributed by atoms with E-state index in [1.807, 2.05) is 42.5 Å². The highest BCUT2D eigenvalue weighted by Crippen LogP contribution is 2.40. The molecule has 188 valence electrons. The molecule has 3 aromatic carbocycles. The van der Waals surface area contributed by atoms with Crippen molar-refractivity contribution in [2.75, 3.05) is 21.3 Å². The molecule has 9 heteroatoms. The fourth-order valence-corrected chi connectivity index (χ4v) is 4.88. The number of ether oxygens (including phenoxy) is 3. The van der Waals surface area contributed by atoms with Crippen molar-refractivity contribution >= 4 is 45.7 Å². The standard InChI is InChI=1S/C28H23Cl2N3O4/c1-35-18-10-8-16-12-20(27(30)31-22(16)14-18)24-15-23(17-9-11-25(36-2)26(13-17)37-3)32-33(24)28(34)19-6-4-5-7-21(19)29/h4-14,24H,15H2,1-3H3/t24-/m1/s1. The molecule has 1 aliphatic rings. The van der Waals surface area contributed by atoms with Gasteiger partial charge in [0, 0.05) is 29.0 Å². The Kier molecular flexibility index (Phi) is 6.91. The molecule has 37 heavy (non-hydrogen) atoms. The molecule has 0 unspecified atom stereocenters. The molecule has 0 N–H and O–H groups in total. The first-order chi connectivity index (χ1) is 17.9. The lowest BCUT2D eigenvalue weighted by atomic mass is 9.97. The first kappa shape index (κ1) is 24.9. The first-order valence-electron chi connectivity index (χ1n) is 11.5. The van der Waals surface area contributed by atoms with Crippen LogP contribution in [-0.2, 0) is 0 Å². The highest BCUT2D eigenvalue weighted by atomic mass is 35.5. The Morgan fingerprint density at radius 3 is 2.43 bits per heavy atom. The summed E-state index contributed by atoms with van der Waals surface area (Å²) in [5.74, 6) is 1.51. The van der Waals surface area contributed by atoms with Gasteiger partial charge in [0.15, 0.2) is 11.5 Å². The van der Waals surface area contributed by atoms with Crippen LogP contribution in [-0.4, -0.2) is 42.9 Å². The molecule has 0 aliphatic carbocycles. The second-order valence-corrected chi connectivity index (χ2v) is 9.16. The smallest absolute Gasteiger partial charge is 0.276 e. The van der Waals surface area contributed by atoms with E-state index >= 15 is 0 Å². The molecule has 5 rings (SSSR count). The second-order valence-electron chi connectivity index (χ2n) is 8.39. The van der Waals surface area contributed by atoms with Gasteiger partial charge in [-0.2, -0.15) is 5.10 Å². The molecule has 0 spiro atoms. The summed E-state index contributed by atoms with van der Waals surface area (Å²) < 4.78 is 16.2. The first-order valence-corrected chi connectivity index (χ1v) is 12.2. The van der Waals surface area contributed by atoms with Crippen molar-refractivity contribution in [3.63, 3.8) is 0 Å². The van der Waals surface area contributed by atoms with Crippen molar-refractivity contribution < 1.29 is 19.0 Å². The van der Waals surface area contributed by atoms with Crippen molar-refractivity contribution in [3.05, 3.63) is 93.6 Å². The number of halogens is 2. The predicted octanol–water partition coefficient (Wildman–Crippen LogP) is 6.56. The van der Waals surface area contributed by atoms with Gasteiger partial charge in [-0.1, -0.05) is 35.3 Å². The Hall–Kier alpha value is -3.81. The molecule has 0 radical (unpaired) electrons. The number of hydrazone groups is 1. The van der Waals surface area contributed by atoms with Gasteiger partial charge in [0.1, 0.15) is 10.9 Å². The van der Waals surface area contributed by atoms with E-state index in [9.17, 15) is 4.79 Å². The zero-order valence-corrected chi connectivity index (χ0v) is 21.9. The van der Waals surface area contributed by atoms with Crippen LogP contribution in [0.2, 0.25) is 10.2 Å². The normalized spacial score (nSPS) is 15.0. The summed E-state index contributed by atoms with van der Waals surface area (Å²) in [7, 11) is 4.75. The average molecular weight is 536 g/mol. The number of carbonyl (C=O) groups is 1. The molecule has 7 nitrogen and oxygen atoms in total. The van der Waals surface area contributed by atoms with E-state index in [0.717, 1.165) is 10.9 Å². The fraction of sp³-hybridized carbons (Fsp3) is 0.179. The van der Waals surface area contributed by atoms with Gasteiger partial charge in [0.05, 0.1) is 49.2 Å². The Morgan fingerprint density at radius 1 is 0.919 bits per heavy atom. The quantitative estimate of drug-likeness (QED) is 0.261. The zero-order chi connectivity index (χ0) is 26.1. The summed E-state index contributed by atoms with van der Waals surface area (Å²) in [5.41, 5.74) is 3.21. The maximum absolute atomic E-state index is 13.7. The Morgan fingerprint density at radius 2 is 1.70 bits per heavy atom. The van der Waals surface area contributed by atoms with Crippen LogP contribution < -0.4 is 14.2 Å². The molecule has 1 amide bonds. The maximum Gasteiger partial charge on any atom is 0.276 e. The molecular weight excluding hydrogens is 513 g/mol. The molecule has 1 aliphatic heterocycles. The van der Waals surface area contributed by atoms with Crippen molar-refractivity contribution in [1.82, 2.24) is 9.99 Å². The van der Waals surface area contributed by atoms with Crippen molar-refractivity contribution in [3.8, 4) is 17.2 Å². The summed E-state index contributed by atoms with van der Waals surface area (Å²) in [5, 5.41) is 7.68. The van der Waals surface area contributed by atoms with Crippen molar-refractivity contribution in [2.45, 2.75) is 12.5 Å². The summed E-state index contributed by atoms with van der Waals surface area (Å²) in [6.07, 6.45) is 0.411. The third kappa shape index (κ3) is 4.68. The fourth-order valence-electron chi connectivity index (χ4n) is 4.39. The molecular formula is C28H23Cl2N3O4. The minimum absolute atomic E-state index is 0.284. The van der Waals surface area contributed by atoms with E-state index in [4.69, 9.17) is 42.5 Å². The van der Waals surface area contributed by atoms with Gasteiger partial charge in [-0.05, 0) is 48.5 Å². The molecule has 0 bridgehead atoms. The Bertz CT molecular complexity index is 1540. The van der Waals surface area contributed by atoms with E-state index in [1.165, 1.54) is 5.01 Å². The van der Waals surface area contributed by atoms with Gasteiger partial charge >= 0.3 is 0 Å².